The van der Waals surface area contributed by atoms with Crippen LogP contribution in [0.2, 0.25) is 0 Å². The van der Waals surface area contributed by atoms with Gasteiger partial charge in [-0.2, -0.15) is 4.31 Å². The lowest BCUT2D eigenvalue weighted by molar-refractivity contribution is 0.464. The van der Waals surface area contributed by atoms with Gasteiger partial charge in [-0.3, -0.25) is 0 Å². The van der Waals surface area contributed by atoms with E-state index in [1.807, 2.05) is 6.07 Å². The van der Waals surface area contributed by atoms with Crippen LogP contribution >= 0.6 is 0 Å². The van der Waals surface area contributed by atoms with E-state index in [1.54, 1.807) is 19.1 Å². The fourth-order valence-electron chi connectivity index (χ4n) is 2.05. The molecule has 5 heteroatoms. The molecule has 1 aromatic carbocycles. The van der Waals surface area contributed by atoms with Gasteiger partial charge in [-0.15, -0.1) is 6.42 Å². The summed E-state index contributed by atoms with van der Waals surface area (Å²) in [5, 5.41) is 3.19. The molecule has 4 nitrogen and oxygen atoms in total. The van der Waals surface area contributed by atoms with Crippen LogP contribution in [0.5, 0.6) is 0 Å². The smallest absolute Gasteiger partial charge is 0.243 e. The lowest BCUT2D eigenvalue weighted by Gasteiger charge is -2.18. The Bertz CT molecular complexity index is 587. The Balaban J connectivity index is 2.38. The molecule has 1 aromatic rings. The molecule has 18 heavy (non-hydrogen) atoms. The predicted molar refractivity (Wildman–Crippen MR) is 70.3 cm³/mol. The summed E-state index contributed by atoms with van der Waals surface area (Å²) in [5.74, 6) is 2.38. The minimum absolute atomic E-state index is 0.105. The number of rotatable bonds is 4. The van der Waals surface area contributed by atoms with Crippen molar-refractivity contribution in [2.45, 2.75) is 24.9 Å². The average molecular weight is 264 g/mol. The van der Waals surface area contributed by atoms with Crippen LogP contribution in [-0.2, 0) is 23.1 Å². The first-order valence-electron chi connectivity index (χ1n) is 5.85. The molecule has 1 heterocycles. The van der Waals surface area contributed by atoms with Crippen molar-refractivity contribution < 1.29 is 8.42 Å². The molecule has 0 atom stereocenters. The molecule has 1 N–H and O–H groups in total. The van der Waals surface area contributed by atoms with E-state index in [0.29, 0.717) is 11.4 Å². The first kappa shape index (κ1) is 13.1. The highest BCUT2D eigenvalue weighted by atomic mass is 32.2. The molecule has 0 spiro atoms. The molecule has 0 aromatic heterocycles. The van der Waals surface area contributed by atoms with E-state index < -0.39 is 10.0 Å². The fraction of sp³-hybridized carbons (Fsp3) is 0.385. The van der Waals surface area contributed by atoms with E-state index in [2.05, 4.69) is 11.2 Å². The number of terminal acetylenes is 1. The molecule has 0 fully saturated rings. The van der Waals surface area contributed by atoms with Gasteiger partial charge in [0.2, 0.25) is 10.0 Å². The zero-order valence-corrected chi connectivity index (χ0v) is 11.1. The SMILES string of the molecule is C#CCN(CC)S(=O)(=O)c1ccc2c(c1)CNC2. The number of nitrogens with one attached hydrogen (secondary N) is 1. The van der Waals surface area contributed by atoms with E-state index >= 15 is 0 Å². The Morgan fingerprint density at radius 3 is 2.78 bits per heavy atom. The maximum atomic E-state index is 12.4. The molecule has 96 valence electrons. The molecule has 1 aliphatic heterocycles. The molecule has 0 saturated heterocycles. The number of fused-ring (bicyclic) bond motifs is 1. The van der Waals surface area contributed by atoms with Gasteiger partial charge in [-0.25, -0.2) is 8.42 Å². The highest BCUT2D eigenvalue weighted by Gasteiger charge is 2.23. The highest BCUT2D eigenvalue weighted by molar-refractivity contribution is 7.89. The second-order valence-corrected chi connectivity index (χ2v) is 6.11. The number of hydrogen-bond acceptors (Lipinski definition) is 3. The summed E-state index contributed by atoms with van der Waals surface area (Å²) in [4.78, 5) is 0.321. The van der Waals surface area contributed by atoms with Crippen molar-refractivity contribution in [1.29, 1.82) is 0 Å². The van der Waals surface area contributed by atoms with Crippen LogP contribution in [0.15, 0.2) is 23.1 Å². The van der Waals surface area contributed by atoms with Crippen LogP contribution in [0, 0.1) is 12.3 Å². The highest BCUT2D eigenvalue weighted by Crippen LogP contribution is 2.22. The van der Waals surface area contributed by atoms with Crippen molar-refractivity contribution in [3.63, 3.8) is 0 Å². The Kier molecular flexibility index (Phi) is 3.71. The Labute approximate surface area is 108 Å². The number of sulfonamides is 1. The summed E-state index contributed by atoms with van der Waals surface area (Å²) in [7, 11) is -3.47. The summed E-state index contributed by atoms with van der Waals surface area (Å²) in [6.07, 6.45) is 5.20. The van der Waals surface area contributed by atoms with Crippen molar-refractivity contribution in [2.75, 3.05) is 13.1 Å². The van der Waals surface area contributed by atoms with E-state index in [-0.39, 0.29) is 6.54 Å². The molecule has 0 unspecified atom stereocenters. The van der Waals surface area contributed by atoms with Gasteiger partial charge < -0.3 is 5.32 Å². The van der Waals surface area contributed by atoms with Crippen molar-refractivity contribution in [1.82, 2.24) is 9.62 Å². The topological polar surface area (TPSA) is 49.4 Å². The summed E-state index contributed by atoms with van der Waals surface area (Å²) in [5.41, 5.74) is 2.21. The molecular weight excluding hydrogens is 248 g/mol. The number of hydrogen-bond donors (Lipinski definition) is 1. The van der Waals surface area contributed by atoms with Gasteiger partial charge in [-0.05, 0) is 23.3 Å². The molecule has 0 aliphatic carbocycles. The molecule has 0 saturated carbocycles. The Hall–Kier alpha value is -1.35. The van der Waals surface area contributed by atoms with Crippen LogP contribution in [0.3, 0.4) is 0 Å². The van der Waals surface area contributed by atoms with Crippen molar-refractivity contribution in [3.8, 4) is 12.3 Å². The largest absolute Gasteiger partial charge is 0.309 e. The van der Waals surface area contributed by atoms with Crippen molar-refractivity contribution in [2.24, 2.45) is 0 Å². The van der Waals surface area contributed by atoms with Gasteiger partial charge in [0, 0.05) is 19.6 Å². The zero-order chi connectivity index (χ0) is 13.2. The molecule has 0 bridgehead atoms. The fourth-order valence-corrected chi connectivity index (χ4v) is 3.46. The summed E-state index contributed by atoms with van der Waals surface area (Å²) < 4.78 is 26.0. The van der Waals surface area contributed by atoms with E-state index in [1.165, 1.54) is 4.31 Å². The third-order valence-electron chi connectivity index (χ3n) is 3.07. The van der Waals surface area contributed by atoms with E-state index in [4.69, 9.17) is 6.42 Å². The van der Waals surface area contributed by atoms with Gasteiger partial charge in [0.25, 0.3) is 0 Å². The van der Waals surface area contributed by atoms with Crippen LogP contribution in [0.4, 0.5) is 0 Å². The normalized spacial score (nSPS) is 14.5. The maximum Gasteiger partial charge on any atom is 0.243 e. The maximum absolute atomic E-state index is 12.4. The van der Waals surface area contributed by atoms with Crippen molar-refractivity contribution >= 4 is 10.0 Å². The Morgan fingerprint density at radius 2 is 2.11 bits per heavy atom. The zero-order valence-electron chi connectivity index (χ0n) is 10.3. The van der Waals surface area contributed by atoms with Crippen LogP contribution in [0.25, 0.3) is 0 Å². The van der Waals surface area contributed by atoms with Crippen LogP contribution in [0.1, 0.15) is 18.1 Å². The monoisotopic (exact) mass is 264 g/mol. The minimum Gasteiger partial charge on any atom is -0.309 e. The van der Waals surface area contributed by atoms with Crippen LogP contribution in [-0.4, -0.2) is 25.8 Å². The summed E-state index contributed by atoms with van der Waals surface area (Å²) >= 11 is 0. The first-order chi connectivity index (χ1) is 8.59. The molecule has 1 aliphatic rings. The van der Waals surface area contributed by atoms with Gasteiger partial charge >= 0.3 is 0 Å². The van der Waals surface area contributed by atoms with Gasteiger partial charge in [-0.1, -0.05) is 18.9 Å². The summed E-state index contributed by atoms with van der Waals surface area (Å²) in [6, 6.07) is 5.26. The standard InChI is InChI=1S/C13H16N2O2S/c1-3-7-15(4-2)18(16,17)13-6-5-11-9-14-10-12(11)8-13/h1,5-6,8,14H,4,7,9-10H2,2H3. The van der Waals surface area contributed by atoms with Crippen molar-refractivity contribution in [3.05, 3.63) is 29.3 Å². The second kappa shape index (κ2) is 5.11. The van der Waals surface area contributed by atoms with Gasteiger partial charge in [0.15, 0.2) is 0 Å². The second-order valence-electron chi connectivity index (χ2n) is 4.17. The Morgan fingerprint density at radius 1 is 1.39 bits per heavy atom. The van der Waals surface area contributed by atoms with Gasteiger partial charge in [0.05, 0.1) is 11.4 Å². The first-order valence-corrected chi connectivity index (χ1v) is 7.29. The van der Waals surface area contributed by atoms with Crippen LogP contribution < -0.4 is 5.32 Å². The molecule has 0 amide bonds. The molecular formula is C13H16N2O2S. The number of nitrogens with zero attached hydrogens (tertiary/aromatic N) is 1. The lowest BCUT2D eigenvalue weighted by atomic mass is 10.1. The molecule has 0 radical (unpaired) electrons. The summed E-state index contributed by atoms with van der Waals surface area (Å²) in [6.45, 7) is 3.79. The average Bonchev–Trinajstić information content (AvgIpc) is 2.82. The number of benzene rings is 1. The molecule has 2 rings (SSSR count). The predicted octanol–water partition coefficient (Wildman–Crippen LogP) is 0.934. The third-order valence-corrected chi connectivity index (χ3v) is 4.98. The van der Waals surface area contributed by atoms with E-state index in [0.717, 1.165) is 24.2 Å². The quantitative estimate of drug-likeness (QED) is 0.823. The van der Waals surface area contributed by atoms with Gasteiger partial charge in [0.1, 0.15) is 0 Å². The van der Waals surface area contributed by atoms with E-state index in [9.17, 15) is 8.42 Å². The lowest BCUT2D eigenvalue weighted by Crippen LogP contribution is -2.31. The minimum atomic E-state index is -3.47. The third kappa shape index (κ3) is 2.27.